The van der Waals surface area contributed by atoms with Crippen molar-refractivity contribution in [2.24, 2.45) is 5.73 Å². The first-order chi connectivity index (χ1) is 9.86. The zero-order valence-corrected chi connectivity index (χ0v) is 13.4. The van der Waals surface area contributed by atoms with Gasteiger partial charge < -0.3 is 16.0 Å². The predicted octanol–water partition coefficient (Wildman–Crippen LogP) is 2.50. The second-order valence-corrected chi connectivity index (χ2v) is 5.55. The molecule has 116 valence electrons. The van der Waals surface area contributed by atoms with E-state index in [1.807, 2.05) is 13.8 Å². The average molecular weight is 312 g/mol. The quantitative estimate of drug-likeness (QED) is 0.847. The molecular weight excluding hydrogens is 290 g/mol. The van der Waals surface area contributed by atoms with E-state index in [1.54, 1.807) is 30.1 Å². The topological polar surface area (TPSA) is 75.4 Å². The SMILES string of the molecule is CC(C)N(C)C(=O)c1ccc(Cl)c(NC(=O)CCCN)c1. The van der Waals surface area contributed by atoms with E-state index in [0.29, 0.717) is 35.7 Å². The van der Waals surface area contributed by atoms with Crippen LogP contribution in [0.1, 0.15) is 37.0 Å². The molecule has 21 heavy (non-hydrogen) atoms. The largest absolute Gasteiger partial charge is 0.339 e. The average Bonchev–Trinajstić information content (AvgIpc) is 2.45. The minimum Gasteiger partial charge on any atom is -0.339 e. The van der Waals surface area contributed by atoms with E-state index < -0.39 is 0 Å². The molecule has 0 aliphatic rings. The number of nitrogens with one attached hydrogen (secondary N) is 1. The standard InChI is InChI=1S/C15H22ClN3O2/c1-10(2)19(3)15(21)11-6-7-12(16)13(9-11)18-14(20)5-4-8-17/h6-7,9-10H,4-5,8,17H2,1-3H3,(H,18,20). The molecule has 0 aromatic heterocycles. The lowest BCUT2D eigenvalue weighted by Crippen LogP contribution is -2.33. The maximum Gasteiger partial charge on any atom is 0.253 e. The summed E-state index contributed by atoms with van der Waals surface area (Å²) < 4.78 is 0. The molecule has 0 aliphatic heterocycles. The number of carbonyl (C=O) groups excluding carboxylic acids is 2. The third kappa shape index (κ3) is 5.02. The summed E-state index contributed by atoms with van der Waals surface area (Å²) in [4.78, 5) is 25.6. The van der Waals surface area contributed by atoms with Crippen molar-refractivity contribution in [3.63, 3.8) is 0 Å². The Balaban J connectivity index is 2.89. The van der Waals surface area contributed by atoms with Gasteiger partial charge in [0, 0.05) is 25.1 Å². The molecule has 6 heteroatoms. The van der Waals surface area contributed by atoms with Gasteiger partial charge in [-0.25, -0.2) is 0 Å². The van der Waals surface area contributed by atoms with E-state index in [-0.39, 0.29) is 17.9 Å². The van der Waals surface area contributed by atoms with Crippen molar-refractivity contribution < 1.29 is 9.59 Å². The van der Waals surface area contributed by atoms with E-state index in [4.69, 9.17) is 17.3 Å². The monoisotopic (exact) mass is 311 g/mol. The van der Waals surface area contributed by atoms with Gasteiger partial charge in [0.2, 0.25) is 5.91 Å². The van der Waals surface area contributed by atoms with E-state index in [9.17, 15) is 9.59 Å². The van der Waals surface area contributed by atoms with Crippen molar-refractivity contribution in [3.05, 3.63) is 28.8 Å². The number of nitrogens with two attached hydrogens (primary N) is 1. The molecule has 1 rings (SSSR count). The first-order valence-electron chi connectivity index (χ1n) is 6.93. The predicted molar refractivity (Wildman–Crippen MR) is 85.6 cm³/mol. The molecule has 0 heterocycles. The highest BCUT2D eigenvalue weighted by molar-refractivity contribution is 6.33. The zero-order valence-electron chi connectivity index (χ0n) is 12.6. The fourth-order valence-corrected chi connectivity index (χ4v) is 1.83. The Labute approximate surface area is 130 Å². The molecule has 0 unspecified atom stereocenters. The summed E-state index contributed by atoms with van der Waals surface area (Å²) in [6, 6.07) is 4.96. The fraction of sp³-hybridized carbons (Fsp3) is 0.467. The zero-order chi connectivity index (χ0) is 16.0. The molecule has 1 aromatic rings. The summed E-state index contributed by atoms with van der Waals surface area (Å²) in [5.74, 6) is -0.275. The number of halogens is 1. The molecule has 2 amide bonds. The van der Waals surface area contributed by atoms with Gasteiger partial charge in [-0.3, -0.25) is 9.59 Å². The van der Waals surface area contributed by atoms with Crippen LogP contribution in [0.3, 0.4) is 0 Å². The number of amides is 2. The molecular formula is C15H22ClN3O2. The summed E-state index contributed by atoms with van der Waals surface area (Å²) in [5.41, 5.74) is 6.31. The van der Waals surface area contributed by atoms with Crippen molar-refractivity contribution in [2.75, 3.05) is 18.9 Å². The van der Waals surface area contributed by atoms with Crippen LogP contribution in [0.25, 0.3) is 0 Å². The summed E-state index contributed by atoms with van der Waals surface area (Å²) >= 11 is 6.06. The molecule has 0 aliphatic carbocycles. The van der Waals surface area contributed by atoms with Crippen LogP contribution in [-0.2, 0) is 4.79 Å². The summed E-state index contributed by atoms with van der Waals surface area (Å²) in [6.07, 6.45) is 0.940. The van der Waals surface area contributed by atoms with Crippen LogP contribution in [0, 0.1) is 0 Å². The molecule has 1 aromatic carbocycles. The van der Waals surface area contributed by atoms with Crippen molar-refractivity contribution in [2.45, 2.75) is 32.7 Å². The van der Waals surface area contributed by atoms with E-state index in [0.717, 1.165) is 0 Å². The Bertz CT molecular complexity index is 518. The maximum absolute atomic E-state index is 12.3. The number of benzene rings is 1. The highest BCUT2D eigenvalue weighted by Crippen LogP contribution is 2.24. The number of rotatable bonds is 6. The Morgan fingerprint density at radius 3 is 2.62 bits per heavy atom. The lowest BCUT2D eigenvalue weighted by atomic mass is 10.1. The highest BCUT2D eigenvalue weighted by Gasteiger charge is 2.16. The molecule has 0 fully saturated rings. The Morgan fingerprint density at radius 2 is 2.05 bits per heavy atom. The fourth-order valence-electron chi connectivity index (χ4n) is 1.67. The highest BCUT2D eigenvalue weighted by atomic mass is 35.5. The molecule has 0 atom stereocenters. The first-order valence-corrected chi connectivity index (χ1v) is 7.31. The molecule has 3 N–H and O–H groups in total. The van der Waals surface area contributed by atoms with E-state index in [2.05, 4.69) is 5.32 Å². The van der Waals surface area contributed by atoms with Crippen LogP contribution in [-0.4, -0.2) is 36.3 Å². The third-order valence-electron chi connectivity index (χ3n) is 3.19. The molecule has 0 bridgehead atoms. The van der Waals surface area contributed by atoms with Gasteiger partial charge in [0.25, 0.3) is 5.91 Å². The number of hydrogen-bond acceptors (Lipinski definition) is 3. The van der Waals surface area contributed by atoms with Gasteiger partial charge in [0.15, 0.2) is 0 Å². The maximum atomic E-state index is 12.3. The third-order valence-corrected chi connectivity index (χ3v) is 3.52. The number of nitrogens with zero attached hydrogens (tertiary/aromatic N) is 1. The van der Waals surface area contributed by atoms with Gasteiger partial charge in [-0.15, -0.1) is 0 Å². The van der Waals surface area contributed by atoms with Gasteiger partial charge in [-0.05, 0) is 45.0 Å². The van der Waals surface area contributed by atoms with Gasteiger partial charge in [-0.1, -0.05) is 11.6 Å². The lowest BCUT2D eigenvalue weighted by Gasteiger charge is -2.22. The van der Waals surface area contributed by atoms with Crippen LogP contribution in [0.2, 0.25) is 5.02 Å². The van der Waals surface area contributed by atoms with Gasteiger partial charge in [0.1, 0.15) is 0 Å². The molecule has 0 saturated heterocycles. The molecule has 5 nitrogen and oxygen atoms in total. The van der Waals surface area contributed by atoms with Gasteiger partial charge >= 0.3 is 0 Å². The minimum atomic E-state index is -0.163. The van der Waals surface area contributed by atoms with Crippen LogP contribution in [0.4, 0.5) is 5.69 Å². The second kappa shape index (κ2) is 8.00. The Kier molecular flexibility index (Phi) is 6.65. The number of anilines is 1. The first kappa shape index (κ1) is 17.5. The van der Waals surface area contributed by atoms with Crippen LogP contribution < -0.4 is 11.1 Å². The van der Waals surface area contributed by atoms with Crippen molar-refractivity contribution in [1.29, 1.82) is 0 Å². The summed E-state index contributed by atoms with van der Waals surface area (Å²) in [7, 11) is 1.74. The molecule has 0 spiro atoms. The Hall–Kier alpha value is -1.59. The molecule has 0 radical (unpaired) electrons. The molecule has 0 saturated carbocycles. The Morgan fingerprint density at radius 1 is 1.38 bits per heavy atom. The van der Waals surface area contributed by atoms with Crippen LogP contribution >= 0.6 is 11.6 Å². The van der Waals surface area contributed by atoms with E-state index >= 15 is 0 Å². The van der Waals surface area contributed by atoms with Crippen LogP contribution in [0.5, 0.6) is 0 Å². The van der Waals surface area contributed by atoms with Crippen molar-refractivity contribution in [1.82, 2.24) is 4.90 Å². The minimum absolute atomic E-state index is 0.0933. The van der Waals surface area contributed by atoms with Crippen molar-refractivity contribution in [3.8, 4) is 0 Å². The van der Waals surface area contributed by atoms with Crippen LogP contribution in [0.15, 0.2) is 18.2 Å². The number of carbonyl (C=O) groups is 2. The van der Waals surface area contributed by atoms with Gasteiger partial charge in [-0.2, -0.15) is 0 Å². The van der Waals surface area contributed by atoms with Crippen molar-refractivity contribution >= 4 is 29.1 Å². The lowest BCUT2D eigenvalue weighted by molar-refractivity contribution is -0.116. The normalized spacial score (nSPS) is 10.6. The smallest absolute Gasteiger partial charge is 0.253 e. The van der Waals surface area contributed by atoms with E-state index in [1.165, 1.54) is 0 Å². The number of hydrogen-bond donors (Lipinski definition) is 2. The van der Waals surface area contributed by atoms with Gasteiger partial charge in [0.05, 0.1) is 10.7 Å². The summed E-state index contributed by atoms with van der Waals surface area (Å²) in [6.45, 7) is 4.32. The second-order valence-electron chi connectivity index (χ2n) is 5.14. The summed E-state index contributed by atoms with van der Waals surface area (Å²) in [5, 5.41) is 3.11.